The molecule has 0 aromatic heterocycles. The van der Waals surface area contributed by atoms with Gasteiger partial charge in [0.15, 0.2) is 0 Å². The van der Waals surface area contributed by atoms with Crippen molar-refractivity contribution in [3.8, 4) is 5.75 Å². The van der Waals surface area contributed by atoms with E-state index >= 15 is 0 Å². The number of benzene rings is 2. The largest absolute Gasteiger partial charge is 0.466 e. The van der Waals surface area contributed by atoms with Crippen LogP contribution in [0.3, 0.4) is 0 Å². The maximum atomic E-state index is 12.5. The average Bonchev–Trinajstić information content (AvgIpc) is 2.55. The number of fused-ring (bicyclic) bond motifs is 1. The minimum absolute atomic E-state index is 0.319. The van der Waals surface area contributed by atoms with Crippen LogP contribution < -0.4 is 15.4 Å². The Morgan fingerprint density at radius 3 is 2.74 bits per heavy atom. The highest BCUT2D eigenvalue weighted by atomic mass is 35.5. The predicted molar refractivity (Wildman–Crippen MR) is 87.4 cm³/mol. The first-order chi connectivity index (χ1) is 11.0. The highest BCUT2D eigenvalue weighted by Gasteiger charge is 2.47. The van der Waals surface area contributed by atoms with Crippen molar-refractivity contribution in [2.24, 2.45) is 0 Å². The zero-order chi connectivity index (χ0) is 16.4. The summed E-state index contributed by atoms with van der Waals surface area (Å²) in [6.07, 6.45) is 0. The summed E-state index contributed by atoms with van der Waals surface area (Å²) in [5.74, 6) is -0.622. The van der Waals surface area contributed by atoms with Gasteiger partial charge in [0.25, 0.3) is 17.4 Å². The first-order valence-electron chi connectivity index (χ1n) is 7.11. The van der Waals surface area contributed by atoms with Crippen LogP contribution in [0.5, 0.6) is 5.75 Å². The summed E-state index contributed by atoms with van der Waals surface area (Å²) in [6.45, 7) is 1.76. The highest BCUT2D eigenvalue weighted by Crippen LogP contribution is 2.35. The number of hydrogen-bond acceptors (Lipinski definition) is 3. The van der Waals surface area contributed by atoms with Gasteiger partial charge in [-0.2, -0.15) is 0 Å². The van der Waals surface area contributed by atoms with Crippen LogP contribution in [0, 0.1) is 0 Å². The number of amides is 2. The monoisotopic (exact) mass is 330 g/mol. The maximum Gasteiger partial charge on any atom is 0.278 e. The second kappa shape index (κ2) is 5.93. The van der Waals surface area contributed by atoms with Crippen LogP contribution in [-0.2, 0) is 16.1 Å². The lowest BCUT2D eigenvalue weighted by atomic mass is 10.0. The third-order valence-corrected chi connectivity index (χ3v) is 3.90. The zero-order valence-electron chi connectivity index (χ0n) is 12.4. The van der Waals surface area contributed by atoms with Gasteiger partial charge < -0.3 is 15.4 Å². The normalized spacial score (nSPS) is 19.3. The molecule has 3 rings (SSSR count). The van der Waals surface area contributed by atoms with Crippen LogP contribution in [0.15, 0.2) is 48.5 Å². The molecule has 2 aromatic rings. The molecule has 23 heavy (non-hydrogen) atoms. The third-order valence-electron chi connectivity index (χ3n) is 3.67. The zero-order valence-corrected chi connectivity index (χ0v) is 13.2. The molecule has 1 aliphatic rings. The first-order valence-corrected chi connectivity index (χ1v) is 7.49. The molecule has 0 saturated heterocycles. The van der Waals surface area contributed by atoms with E-state index in [1.807, 2.05) is 30.3 Å². The molecule has 1 aliphatic heterocycles. The topological polar surface area (TPSA) is 67.4 Å². The quantitative estimate of drug-likeness (QED) is 0.850. The molecule has 0 spiro atoms. The van der Waals surface area contributed by atoms with Gasteiger partial charge in [0.05, 0.1) is 5.69 Å². The van der Waals surface area contributed by atoms with Crippen molar-refractivity contribution in [3.63, 3.8) is 0 Å². The Kier molecular flexibility index (Phi) is 3.96. The Bertz CT molecular complexity index is 764. The van der Waals surface area contributed by atoms with Gasteiger partial charge >= 0.3 is 0 Å². The Balaban J connectivity index is 1.77. The number of carbonyl (C=O) groups excluding carboxylic acids is 2. The molecule has 118 valence electrons. The Labute approximate surface area is 138 Å². The van der Waals surface area contributed by atoms with Crippen molar-refractivity contribution in [2.45, 2.75) is 19.1 Å². The summed E-state index contributed by atoms with van der Waals surface area (Å²) in [5, 5.41) is 5.87. The van der Waals surface area contributed by atoms with Crippen LogP contribution in [0.1, 0.15) is 12.5 Å². The van der Waals surface area contributed by atoms with E-state index in [1.54, 1.807) is 18.2 Å². The van der Waals surface area contributed by atoms with Crippen LogP contribution in [0.4, 0.5) is 5.69 Å². The second-order valence-corrected chi connectivity index (χ2v) is 5.83. The van der Waals surface area contributed by atoms with Crippen molar-refractivity contribution < 1.29 is 14.3 Å². The molecule has 5 nitrogen and oxygen atoms in total. The van der Waals surface area contributed by atoms with E-state index in [0.29, 0.717) is 23.0 Å². The van der Waals surface area contributed by atoms with Crippen molar-refractivity contribution in [3.05, 3.63) is 59.1 Å². The average molecular weight is 331 g/mol. The third kappa shape index (κ3) is 3.00. The van der Waals surface area contributed by atoms with Gasteiger partial charge in [-0.25, -0.2) is 0 Å². The number of anilines is 1. The van der Waals surface area contributed by atoms with Crippen LogP contribution in [0.2, 0.25) is 5.02 Å². The van der Waals surface area contributed by atoms with Crippen molar-refractivity contribution in [2.75, 3.05) is 5.32 Å². The molecular weight excluding hydrogens is 316 g/mol. The summed E-state index contributed by atoms with van der Waals surface area (Å²) in [4.78, 5) is 24.8. The van der Waals surface area contributed by atoms with Gasteiger partial charge in [0.1, 0.15) is 5.75 Å². The molecule has 0 radical (unpaired) electrons. The predicted octanol–water partition coefficient (Wildman–Crippen LogP) is 2.75. The number of carbonyl (C=O) groups is 2. The number of ether oxygens (including phenoxy) is 1. The van der Waals surface area contributed by atoms with E-state index in [4.69, 9.17) is 16.3 Å². The lowest BCUT2D eigenvalue weighted by Crippen LogP contribution is -2.58. The minimum atomic E-state index is -1.63. The van der Waals surface area contributed by atoms with E-state index in [1.165, 1.54) is 6.92 Å². The van der Waals surface area contributed by atoms with Crippen LogP contribution in [0.25, 0.3) is 0 Å². The molecule has 6 heteroatoms. The SMILES string of the molecule is CC1(C(=O)NCc2ccccc2)Oc2ccc(Cl)cc2NC1=O. The molecule has 0 bridgehead atoms. The molecule has 0 aliphatic carbocycles. The fourth-order valence-corrected chi connectivity index (χ4v) is 2.47. The second-order valence-electron chi connectivity index (χ2n) is 5.40. The van der Waals surface area contributed by atoms with Gasteiger partial charge in [0, 0.05) is 11.6 Å². The molecule has 2 amide bonds. The number of hydrogen-bond donors (Lipinski definition) is 2. The maximum absolute atomic E-state index is 12.5. The van der Waals surface area contributed by atoms with E-state index in [0.717, 1.165) is 5.56 Å². The summed E-state index contributed by atoms with van der Waals surface area (Å²) in [7, 11) is 0. The fourth-order valence-electron chi connectivity index (χ4n) is 2.29. The van der Waals surface area contributed by atoms with E-state index in [2.05, 4.69) is 10.6 Å². The van der Waals surface area contributed by atoms with Crippen molar-refractivity contribution in [1.82, 2.24) is 5.32 Å². The van der Waals surface area contributed by atoms with E-state index < -0.39 is 17.4 Å². The standard InChI is InChI=1S/C17H15ClN2O3/c1-17(15(21)19-10-11-5-3-2-4-6-11)16(22)20-13-9-12(18)7-8-14(13)23-17/h2-9H,10H2,1H3,(H,19,21)(H,20,22). The molecule has 0 saturated carbocycles. The Morgan fingerprint density at radius 1 is 1.26 bits per heavy atom. The van der Waals surface area contributed by atoms with E-state index in [9.17, 15) is 9.59 Å². The number of halogens is 1. The van der Waals surface area contributed by atoms with Gasteiger partial charge in [-0.05, 0) is 30.7 Å². The van der Waals surface area contributed by atoms with E-state index in [-0.39, 0.29) is 0 Å². The number of rotatable bonds is 3. The molecule has 1 atom stereocenters. The molecule has 2 aromatic carbocycles. The van der Waals surface area contributed by atoms with Gasteiger partial charge in [-0.1, -0.05) is 41.9 Å². The minimum Gasteiger partial charge on any atom is -0.466 e. The van der Waals surface area contributed by atoms with Crippen molar-refractivity contribution in [1.29, 1.82) is 0 Å². The van der Waals surface area contributed by atoms with Crippen molar-refractivity contribution >= 4 is 29.1 Å². The highest BCUT2D eigenvalue weighted by molar-refractivity contribution is 6.31. The summed E-state index contributed by atoms with van der Waals surface area (Å²) in [6, 6.07) is 14.3. The smallest absolute Gasteiger partial charge is 0.278 e. The van der Waals surface area contributed by atoms with Gasteiger partial charge in [0.2, 0.25) is 0 Å². The van der Waals surface area contributed by atoms with Gasteiger partial charge in [-0.3, -0.25) is 9.59 Å². The fraction of sp³-hybridized carbons (Fsp3) is 0.176. The summed E-state index contributed by atoms with van der Waals surface area (Å²) in [5.41, 5.74) is -0.237. The van der Waals surface area contributed by atoms with Crippen LogP contribution >= 0.6 is 11.6 Å². The number of nitrogens with one attached hydrogen (secondary N) is 2. The summed E-state index contributed by atoms with van der Waals surface area (Å²) < 4.78 is 5.65. The summed E-state index contributed by atoms with van der Waals surface area (Å²) >= 11 is 5.89. The molecule has 2 N–H and O–H groups in total. The molecule has 1 heterocycles. The Morgan fingerprint density at radius 2 is 2.00 bits per heavy atom. The van der Waals surface area contributed by atoms with Crippen LogP contribution in [-0.4, -0.2) is 17.4 Å². The lowest BCUT2D eigenvalue weighted by molar-refractivity contribution is -0.146. The molecule has 1 unspecified atom stereocenters. The Hall–Kier alpha value is -2.53. The lowest BCUT2D eigenvalue weighted by Gasteiger charge is -2.33. The molecule has 0 fully saturated rings. The van der Waals surface area contributed by atoms with Gasteiger partial charge in [-0.15, -0.1) is 0 Å². The molecular formula is C17H15ClN2O3. The first kappa shape index (κ1) is 15.4.